The summed E-state index contributed by atoms with van der Waals surface area (Å²) in [5.74, 6) is -0.0971. The number of fused-ring (bicyclic) bond motifs is 1. The molecule has 0 atom stereocenters. The van der Waals surface area contributed by atoms with Crippen LogP contribution in [0.1, 0.15) is 20.8 Å². The number of rotatable bonds is 3. The average molecular weight is 300 g/mol. The maximum atomic E-state index is 12.3. The minimum absolute atomic E-state index is 0.0237. The van der Waals surface area contributed by atoms with Crippen LogP contribution in [0.4, 0.5) is 11.4 Å². The minimum atomic E-state index is -0.0735. The Morgan fingerprint density at radius 3 is 2.81 bits per heavy atom. The summed E-state index contributed by atoms with van der Waals surface area (Å²) in [5.41, 5.74) is 3.98. The number of carbonyl (C=O) groups is 2. The number of benzene rings is 1. The number of amides is 1. The van der Waals surface area contributed by atoms with Gasteiger partial charge in [-0.05, 0) is 48.6 Å². The Bertz CT molecular complexity index is 707. The van der Waals surface area contributed by atoms with Gasteiger partial charge in [-0.25, -0.2) is 0 Å². The molecule has 4 nitrogen and oxygen atoms in total. The summed E-state index contributed by atoms with van der Waals surface area (Å²) in [6.07, 6.45) is 0. The van der Waals surface area contributed by atoms with Gasteiger partial charge in [-0.15, -0.1) is 11.3 Å². The number of aryl methyl sites for hydroxylation is 2. The van der Waals surface area contributed by atoms with E-state index >= 15 is 0 Å². The largest absolute Gasteiger partial charge is 0.374 e. The third-order valence-electron chi connectivity index (χ3n) is 3.73. The molecule has 0 fully saturated rings. The number of ketones is 1. The first-order valence-electron chi connectivity index (χ1n) is 6.78. The lowest BCUT2D eigenvalue weighted by molar-refractivity contribution is -0.117. The predicted molar refractivity (Wildman–Crippen MR) is 85.4 cm³/mol. The second-order valence-corrected chi connectivity index (χ2v) is 6.14. The molecule has 0 spiro atoms. The van der Waals surface area contributed by atoms with Crippen molar-refractivity contribution in [3.05, 3.63) is 45.6 Å². The normalized spacial score (nSPS) is 13.8. The number of carbonyl (C=O) groups excluding carboxylic acids is 2. The highest BCUT2D eigenvalue weighted by molar-refractivity contribution is 7.12. The van der Waals surface area contributed by atoms with E-state index in [2.05, 4.69) is 5.32 Å². The van der Waals surface area contributed by atoms with E-state index in [1.165, 1.54) is 16.9 Å². The summed E-state index contributed by atoms with van der Waals surface area (Å²) in [6.45, 7) is 4.37. The Kier molecular flexibility index (Phi) is 3.51. The van der Waals surface area contributed by atoms with Crippen molar-refractivity contribution in [2.24, 2.45) is 0 Å². The molecule has 108 valence electrons. The van der Waals surface area contributed by atoms with Crippen LogP contribution in [0.15, 0.2) is 29.6 Å². The van der Waals surface area contributed by atoms with Crippen molar-refractivity contribution >= 4 is 34.4 Å². The smallest absolute Gasteiger partial charge is 0.246 e. The molecule has 1 aliphatic rings. The molecule has 0 radical (unpaired) electrons. The number of hydrogen-bond donors (Lipinski definition) is 1. The van der Waals surface area contributed by atoms with Crippen molar-refractivity contribution in [1.82, 2.24) is 0 Å². The first kappa shape index (κ1) is 13.8. The van der Waals surface area contributed by atoms with Gasteiger partial charge < -0.3 is 10.2 Å². The summed E-state index contributed by atoms with van der Waals surface area (Å²) in [5, 5.41) is 4.99. The molecule has 0 saturated carbocycles. The van der Waals surface area contributed by atoms with Gasteiger partial charge in [0.25, 0.3) is 0 Å². The van der Waals surface area contributed by atoms with Crippen molar-refractivity contribution in [2.75, 3.05) is 23.3 Å². The van der Waals surface area contributed by atoms with E-state index in [1.807, 2.05) is 37.4 Å². The van der Waals surface area contributed by atoms with Crippen LogP contribution in [0.3, 0.4) is 0 Å². The van der Waals surface area contributed by atoms with E-state index in [9.17, 15) is 9.59 Å². The molecule has 1 amide bonds. The van der Waals surface area contributed by atoms with Crippen LogP contribution in [-0.2, 0) is 4.79 Å². The Hall–Kier alpha value is -2.14. The van der Waals surface area contributed by atoms with Crippen LogP contribution >= 0.6 is 11.3 Å². The highest BCUT2D eigenvalue weighted by atomic mass is 32.1. The lowest BCUT2D eigenvalue weighted by atomic mass is 10.0. The zero-order chi connectivity index (χ0) is 15.0. The zero-order valence-corrected chi connectivity index (χ0v) is 12.8. The van der Waals surface area contributed by atoms with Crippen molar-refractivity contribution in [2.45, 2.75) is 13.8 Å². The molecular weight excluding hydrogens is 284 g/mol. The summed E-state index contributed by atoms with van der Waals surface area (Å²) in [6, 6.07) is 7.63. The third kappa shape index (κ3) is 2.56. The SMILES string of the molecule is Cc1cc2c(cc1C)N(CC(=O)c1cccs1)C(=O)CN2. The number of nitrogens with zero attached hydrogens (tertiary/aromatic N) is 1. The third-order valence-corrected chi connectivity index (χ3v) is 4.64. The molecule has 21 heavy (non-hydrogen) atoms. The monoisotopic (exact) mass is 300 g/mol. The summed E-state index contributed by atoms with van der Waals surface area (Å²) in [4.78, 5) is 26.7. The molecule has 1 N–H and O–H groups in total. The fraction of sp³-hybridized carbons (Fsp3) is 0.250. The molecule has 5 heteroatoms. The Morgan fingerprint density at radius 1 is 1.33 bits per heavy atom. The predicted octanol–water partition coefficient (Wildman–Crippen LogP) is 3.01. The fourth-order valence-electron chi connectivity index (χ4n) is 2.40. The number of nitrogens with one attached hydrogen (secondary N) is 1. The van der Waals surface area contributed by atoms with Crippen LogP contribution in [0.5, 0.6) is 0 Å². The van der Waals surface area contributed by atoms with Crippen molar-refractivity contribution in [3.63, 3.8) is 0 Å². The van der Waals surface area contributed by atoms with E-state index in [0.29, 0.717) is 4.88 Å². The quantitative estimate of drug-likeness (QED) is 0.887. The average Bonchev–Trinajstić information content (AvgIpc) is 2.98. The Labute approximate surface area is 127 Å². The van der Waals surface area contributed by atoms with Crippen LogP contribution in [0.25, 0.3) is 0 Å². The number of hydrogen-bond acceptors (Lipinski definition) is 4. The van der Waals surface area contributed by atoms with Crippen molar-refractivity contribution < 1.29 is 9.59 Å². The molecule has 1 aromatic carbocycles. The van der Waals surface area contributed by atoms with Crippen molar-refractivity contribution in [1.29, 1.82) is 0 Å². The molecule has 0 aliphatic carbocycles. The Balaban J connectivity index is 1.94. The summed E-state index contributed by atoms with van der Waals surface area (Å²) >= 11 is 1.40. The van der Waals surface area contributed by atoms with Gasteiger partial charge in [0.1, 0.15) is 0 Å². The second-order valence-electron chi connectivity index (χ2n) is 5.19. The maximum absolute atomic E-state index is 12.3. The van der Waals surface area contributed by atoms with E-state index < -0.39 is 0 Å². The lowest BCUT2D eigenvalue weighted by Crippen LogP contribution is -2.42. The lowest BCUT2D eigenvalue weighted by Gasteiger charge is -2.30. The molecule has 0 unspecified atom stereocenters. The highest BCUT2D eigenvalue weighted by Gasteiger charge is 2.26. The summed E-state index contributed by atoms with van der Waals surface area (Å²) in [7, 11) is 0. The molecule has 0 bridgehead atoms. The van der Waals surface area contributed by atoms with E-state index in [-0.39, 0.29) is 24.8 Å². The van der Waals surface area contributed by atoms with Gasteiger partial charge in [-0.2, -0.15) is 0 Å². The Morgan fingerprint density at radius 2 is 2.10 bits per heavy atom. The standard InChI is InChI=1S/C16H16N2O2S/c1-10-6-12-13(7-11(10)2)18(16(20)8-17-12)9-14(19)15-4-3-5-21-15/h3-7,17H,8-9H2,1-2H3. The van der Waals surface area contributed by atoms with E-state index in [4.69, 9.17) is 0 Å². The van der Waals surface area contributed by atoms with Gasteiger partial charge in [0, 0.05) is 0 Å². The molecule has 2 heterocycles. The molecular formula is C16H16N2O2S. The van der Waals surface area contributed by atoms with Gasteiger partial charge >= 0.3 is 0 Å². The molecule has 1 aliphatic heterocycles. The van der Waals surface area contributed by atoms with Crippen LogP contribution < -0.4 is 10.2 Å². The highest BCUT2D eigenvalue weighted by Crippen LogP contribution is 2.32. The molecule has 0 saturated heterocycles. The zero-order valence-electron chi connectivity index (χ0n) is 12.0. The van der Waals surface area contributed by atoms with E-state index in [0.717, 1.165) is 16.9 Å². The van der Waals surface area contributed by atoms with Gasteiger partial charge in [0.2, 0.25) is 5.91 Å². The van der Waals surface area contributed by atoms with Gasteiger partial charge in [-0.3, -0.25) is 9.59 Å². The van der Waals surface area contributed by atoms with Gasteiger partial charge in [0.15, 0.2) is 5.78 Å². The van der Waals surface area contributed by atoms with E-state index in [1.54, 1.807) is 11.0 Å². The van der Waals surface area contributed by atoms with Crippen LogP contribution in [0, 0.1) is 13.8 Å². The topological polar surface area (TPSA) is 49.4 Å². The first-order valence-corrected chi connectivity index (χ1v) is 7.66. The molecule has 1 aromatic heterocycles. The number of Topliss-reactive ketones (excluding diaryl/α,β-unsaturated/α-hetero) is 1. The fourth-order valence-corrected chi connectivity index (χ4v) is 3.06. The van der Waals surface area contributed by atoms with Crippen LogP contribution in [-0.4, -0.2) is 24.8 Å². The van der Waals surface area contributed by atoms with Gasteiger partial charge in [0.05, 0.1) is 29.3 Å². The second kappa shape index (κ2) is 5.33. The first-order chi connectivity index (χ1) is 10.1. The molecule has 2 aromatic rings. The molecule has 3 rings (SSSR count). The van der Waals surface area contributed by atoms with Crippen molar-refractivity contribution in [3.8, 4) is 0 Å². The number of anilines is 2. The van der Waals surface area contributed by atoms with Gasteiger partial charge in [-0.1, -0.05) is 6.07 Å². The maximum Gasteiger partial charge on any atom is 0.246 e. The number of thiophene rings is 1. The summed E-state index contributed by atoms with van der Waals surface area (Å²) < 4.78 is 0. The van der Waals surface area contributed by atoms with Crippen LogP contribution in [0.2, 0.25) is 0 Å². The minimum Gasteiger partial charge on any atom is -0.374 e.